The molecule has 0 radical (unpaired) electrons. The Balaban J connectivity index is 1.44. The molecule has 0 saturated heterocycles. The summed E-state index contributed by atoms with van der Waals surface area (Å²) in [6.07, 6.45) is 5.23. The van der Waals surface area contributed by atoms with Crippen LogP contribution in [0.5, 0.6) is 11.6 Å². The van der Waals surface area contributed by atoms with E-state index >= 15 is 0 Å². The van der Waals surface area contributed by atoms with Gasteiger partial charge in [-0.05, 0) is 35.9 Å². The highest BCUT2D eigenvalue weighted by atomic mass is 35.5. The van der Waals surface area contributed by atoms with Crippen LogP contribution in [0.25, 0.3) is 22.2 Å². The molecule has 0 saturated carbocycles. The molecule has 0 unspecified atom stereocenters. The van der Waals surface area contributed by atoms with E-state index in [-0.39, 0.29) is 5.78 Å². The minimum absolute atomic E-state index is 0.191. The number of hydrogen-bond acceptors (Lipinski definition) is 5. The summed E-state index contributed by atoms with van der Waals surface area (Å²) in [7, 11) is 3.39. The molecular formula is C26H21ClN4O3. The van der Waals surface area contributed by atoms with Crippen LogP contribution < -0.4 is 9.47 Å². The van der Waals surface area contributed by atoms with Crippen molar-refractivity contribution in [2.45, 2.75) is 6.61 Å². The molecule has 34 heavy (non-hydrogen) atoms. The number of ether oxygens (including phenoxy) is 2. The van der Waals surface area contributed by atoms with Gasteiger partial charge in [-0.2, -0.15) is 0 Å². The summed E-state index contributed by atoms with van der Waals surface area (Å²) in [5, 5.41) is 5.36. The van der Waals surface area contributed by atoms with E-state index < -0.39 is 0 Å². The molecule has 0 aliphatic heterocycles. The number of hydrogen-bond donors (Lipinski definition) is 1. The number of rotatable bonds is 7. The average molecular weight is 473 g/mol. The second kappa shape index (κ2) is 9.03. The summed E-state index contributed by atoms with van der Waals surface area (Å²) in [6.45, 7) is 0.353. The number of methoxy groups -OCH3 is 1. The maximum atomic E-state index is 13.4. The SMILES string of the molecule is COc1nn(C)cc1-c1cnc2[nH]cc(C(=O)c3ccc(COc4ccccc4)cc3Cl)c2c1. The number of aryl methyl sites for hydroxylation is 1. The Morgan fingerprint density at radius 3 is 2.71 bits per heavy atom. The van der Waals surface area contributed by atoms with E-state index in [1.54, 1.807) is 36.3 Å². The molecule has 1 N–H and O–H groups in total. The van der Waals surface area contributed by atoms with Crippen molar-refractivity contribution >= 4 is 28.4 Å². The van der Waals surface area contributed by atoms with E-state index in [0.29, 0.717) is 39.7 Å². The van der Waals surface area contributed by atoms with Crippen molar-refractivity contribution in [1.29, 1.82) is 0 Å². The number of nitrogens with zero attached hydrogens (tertiary/aromatic N) is 3. The van der Waals surface area contributed by atoms with Gasteiger partial charge in [-0.15, -0.1) is 5.10 Å². The first-order valence-electron chi connectivity index (χ1n) is 10.6. The summed E-state index contributed by atoms with van der Waals surface area (Å²) in [5.41, 5.74) is 3.97. The number of ketones is 1. The maximum absolute atomic E-state index is 13.4. The van der Waals surface area contributed by atoms with E-state index in [2.05, 4.69) is 15.1 Å². The molecule has 5 aromatic rings. The van der Waals surface area contributed by atoms with Gasteiger partial charge in [-0.3, -0.25) is 9.48 Å². The quantitative estimate of drug-likeness (QED) is 0.319. The maximum Gasteiger partial charge on any atom is 0.240 e. The normalized spacial score (nSPS) is 11.0. The summed E-state index contributed by atoms with van der Waals surface area (Å²) < 4.78 is 12.8. The highest BCUT2D eigenvalue weighted by Gasteiger charge is 2.20. The van der Waals surface area contributed by atoms with Crippen molar-refractivity contribution in [2.75, 3.05) is 7.11 Å². The lowest BCUT2D eigenvalue weighted by Gasteiger charge is -2.09. The van der Waals surface area contributed by atoms with Gasteiger partial charge in [0, 0.05) is 47.7 Å². The van der Waals surface area contributed by atoms with E-state index in [9.17, 15) is 4.79 Å². The van der Waals surface area contributed by atoms with Crippen molar-refractivity contribution in [3.63, 3.8) is 0 Å². The molecule has 0 amide bonds. The number of pyridine rings is 1. The third kappa shape index (κ3) is 4.13. The molecule has 3 heterocycles. The van der Waals surface area contributed by atoms with Crippen LogP contribution in [-0.2, 0) is 13.7 Å². The molecule has 3 aromatic heterocycles. The predicted molar refractivity (Wildman–Crippen MR) is 131 cm³/mol. The summed E-state index contributed by atoms with van der Waals surface area (Å²) in [4.78, 5) is 21.0. The summed E-state index contributed by atoms with van der Waals surface area (Å²) in [6, 6.07) is 16.8. The van der Waals surface area contributed by atoms with Gasteiger partial charge < -0.3 is 14.5 Å². The number of halogens is 1. The third-order valence-corrected chi connectivity index (χ3v) is 5.81. The Morgan fingerprint density at radius 1 is 1.12 bits per heavy atom. The molecule has 0 aliphatic carbocycles. The molecule has 0 atom stereocenters. The molecule has 2 aromatic carbocycles. The summed E-state index contributed by atoms with van der Waals surface area (Å²) >= 11 is 6.51. The smallest absolute Gasteiger partial charge is 0.240 e. The monoisotopic (exact) mass is 472 g/mol. The number of carbonyl (C=O) groups is 1. The Labute approximate surface area is 200 Å². The highest BCUT2D eigenvalue weighted by molar-refractivity contribution is 6.35. The van der Waals surface area contributed by atoms with Gasteiger partial charge >= 0.3 is 0 Å². The van der Waals surface area contributed by atoms with E-state index in [1.165, 1.54) is 0 Å². The molecule has 0 fully saturated rings. The Morgan fingerprint density at radius 2 is 1.94 bits per heavy atom. The van der Waals surface area contributed by atoms with Gasteiger partial charge in [-0.25, -0.2) is 4.98 Å². The van der Waals surface area contributed by atoms with Gasteiger partial charge in [-0.1, -0.05) is 35.9 Å². The molecule has 0 aliphatic rings. The van der Waals surface area contributed by atoms with Crippen LogP contribution in [0.1, 0.15) is 21.5 Å². The third-order valence-electron chi connectivity index (χ3n) is 5.50. The Kier molecular flexibility index (Phi) is 5.77. The van der Waals surface area contributed by atoms with Crippen molar-refractivity contribution in [3.8, 4) is 22.8 Å². The lowest BCUT2D eigenvalue weighted by molar-refractivity contribution is 0.104. The zero-order chi connectivity index (χ0) is 23.7. The molecule has 7 nitrogen and oxygen atoms in total. The first kappa shape index (κ1) is 21.7. The second-order valence-corrected chi connectivity index (χ2v) is 8.20. The van der Waals surface area contributed by atoms with Crippen molar-refractivity contribution in [3.05, 3.63) is 94.9 Å². The van der Waals surface area contributed by atoms with Crippen LogP contribution in [0.3, 0.4) is 0 Å². The fraction of sp³-hybridized carbons (Fsp3) is 0.115. The van der Waals surface area contributed by atoms with Crippen LogP contribution in [-0.4, -0.2) is 32.6 Å². The number of benzene rings is 2. The first-order valence-corrected chi connectivity index (χ1v) is 11.0. The molecule has 8 heteroatoms. The minimum Gasteiger partial charge on any atom is -0.489 e. The molecule has 0 spiro atoms. The molecular weight excluding hydrogens is 452 g/mol. The van der Waals surface area contributed by atoms with Gasteiger partial charge in [0.1, 0.15) is 18.0 Å². The van der Waals surface area contributed by atoms with Crippen LogP contribution in [0.15, 0.2) is 73.2 Å². The lowest BCUT2D eigenvalue weighted by atomic mass is 10.0. The fourth-order valence-corrected chi connectivity index (χ4v) is 4.11. The number of aromatic nitrogens is 4. The van der Waals surface area contributed by atoms with E-state index in [4.69, 9.17) is 21.1 Å². The Hall–Kier alpha value is -4.10. The number of fused-ring (bicyclic) bond motifs is 1. The highest BCUT2D eigenvalue weighted by Crippen LogP contribution is 2.32. The zero-order valence-electron chi connectivity index (χ0n) is 18.6. The van der Waals surface area contributed by atoms with Gasteiger partial charge in [0.15, 0.2) is 5.78 Å². The summed E-state index contributed by atoms with van der Waals surface area (Å²) in [5.74, 6) is 1.07. The molecule has 0 bridgehead atoms. The van der Waals surface area contributed by atoms with Gasteiger partial charge in [0.05, 0.1) is 17.7 Å². The predicted octanol–water partition coefficient (Wildman–Crippen LogP) is 5.44. The van der Waals surface area contributed by atoms with Crippen molar-refractivity contribution in [2.24, 2.45) is 7.05 Å². The van der Waals surface area contributed by atoms with Crippen LogP contribution in [0.2, 0.25) is 5.02 Å². The standard InChI is InChI=1S/C26H21ClN4O3/c1-31-14-22(26(30-31)33-2)17-11-20-21(13-29-25(20)28-12-17)24(32)19-9-8-16(10-23(19)27)15-34-18-6-4-3-5-7-18/h3-14H,15H2,1-2H3,(H,28,29). The Bertz CT molecular complexity index is 1490. The second-order valence-electron chi connectivity index (χ2n) is 7.79. The largest absolute Gasteiger partial charge is 0.489 e. The van der Waals surface area contributed by atoms with E-state index in [0.717, 1.165) is 22.4 Å². The van der Waals surface area contributed by atoms with Gasteiger partial charge in [0.2, 0.25) is 5.88 Å². The van der Waals surface area contributed by atoms with Crippen LogP contribution in [0.4, 0.5) is 0 Å². The number of aromatic amines is 1. The average Bonchev–Trinajstić information content (AvgIpc) is 3.45. The van der Waals surface area contributed by atoms with Crippen molar-refractivity contribution < 1.29 is 14.3 Å². The topological polar surface area (TPSA) is 82.0 Å². The molecule has 170 valence electrons. The number of para-hydroxylation sites is 1. The van der Waals surface area contributed by atoms with E-state index in [1.807, 2.05) is 55.7 Å². The number of carbonyl (C=O) groups excluding carboxylic acids is 1. The number of H-pyrrole nitrogens is 1. The first-order chi connectivity index (χ1) is 16.5. The van der Waals surface area contributed by atoms with Crippen LogP contribution in [0, 0.1) is 0 Å². The van der Waals surface area contributed by atoms with Crippen molar-refractivity contribution in [1.82, 2.24) is 19.7 Å². The van der Waals surface area contributed by atoms with Crippen LogP contribution >= 0.6 is 11.6 Å². The lowest BCUT2D eigenvalue weighted by Crippen LogP contribution is -2.03. The number of nitrogens with one attached hydrogen (secondary N) is 1. The zero-order valence-corrected chi connectivity index (χ0v) is 19.3. The van der Waals surface area contributed by atoms with Gasteiger partial charge in [0.25, 0.3) is 0 Å². The minimum atomic E-state index is -0.191. The molecule has 5 rings (SSSR count). The fourth-order valence-electron chi connectivity index (χ4n) is 3.82.